The molecular weight excluding hydrogens is 486 g/mol. The van der Waals surface area contributed by atoms with Crippen LogP contribution in [0.3, 0.4) is 0 Å². The number of aliphatic hydroxyl groups excluding tert-OH is 1. The maximum atomic E-state index is 13.0. The van der Waals surface area contributed by atoms with Gasteiger partial charge in [0.2, 0.25) is 0 Å². The number of nitrogens with zero attached hydrogens (tertiary/aromatic N) is 3. The average molecular weight is 520 g/mol. The quantitative estimate of drug-likeness (QED) is 0.337. The molecule has 0 radical (unpaired) electrons. The summed E-state index contributed by atoms with van der Waals surface area (Å²) in [6.45, 7) is 6.35. The van der Waals surface area contributed by atoms with Crippen LogP contribution in [0.25, 0.3) is 11.4 Å². The molecule has 4 rings (SSSR count). The first-order valence-electron chi connectivity index (χ1n) is 12.0. The van der Waals surface area contributed by atoms with Crippen LogP contribution in [0.1, 0.15) is 38.8 Å². The second-order valence-electron chi connectivity index (χ2n) is 8.99. The molecule has 1 aliphatic carbocycles. The molecule has 0 unspecified atom stereocenters. The van der Waals surface area contributed by atoms with Crippen molar-refractivity contribution in [2.24, 2.45) is 0 Å². The molecule has 0 bridgehead atoms. The highest BCUT2D eigenvalue weighted by atomic mass is 32.2. The van der Waals surface area contributed by atoms with Crippen molar-refractivity contribution in [1.82, 2.24) is 15.3 Å². The minimum atomic E-state index is -3.31. The lowest BCUT2D eigenvalue weighted by atomic mass is 10.1. The Labute approximate surface area is 212 Å². The summed E-state index contributed by atoms with van der Waals surface area (Å²) in [6.07, 6.45) is 1.79. The second kappa shape index (κ2) is 10.7. The third-order valence-electron chi connectivity index (χ3n) is 6.54. The average Bonchev–Trinajstić information content (AvgIpc) is 3.68. The molecule has 0 spiro atoms. The molecule has 9 nitrogen and oxygen atoms in total. The van der Waals surface area contributed by atoms with Crippen LogP contribution in [0, 0.1) is 0 Å². The number of aromatic nitrogens is 2. The normalized spacial score (nSPS) is 19.3. The fourth-order valence-electron chi connectivity index (χ4n) is 4.29. The van der Waals surface area contributed by atoms with Gasteiger partial charge in [-0.3, -0.25) is 0 Å². The zero-order chi connectivity index (χ0) is 25.1. The van der Waals surface area contributed by atoms with Crippen molar-refractivity contribution in [3.05, 3.63) is 36.0 Å². The summed E-state index contributed by atoms with van der Waals surface area (Å²) in [5, 5.41) is 15.5. The van der Waals surface area contributed by atoms with Crippen LogP contribution in [0.4, 0.5) is 11.5 Å². The van der Waals surface area contributed by atoms with Gasteiger partial charge in [0.05, 0.1) is 24.9 Å². The molecule has 0 amide bonds. The molecule has 3 N–H and O–H groups in total. The van der Waals surface area contributed by atoms with Gasteiger partial charge in [0.15, 0.2) is 20.8 Å². The van der Waals surface area contributed by atoms with Crippen molar-refractivity contribution >= 4 is 38.7 Å². The summed E-state index contributed by atoms with van der Waals surface area (Å²) in [5.41, 5.74) is 2.18. The van der Waals surface area contributed by atoms with Crippen LogP contribution in [-0.2, 0) is 19.3 Å². The van der Waals surface area contributed by atoms with Gasteiger partial charge >= 0.3 is 0 Å². The van der Waals surface area contributed by atoms with Crippen LogP contribution >= 0.6 is 12.2 Å². The standard InChI is InChI=1S/C24H33N5O4S2/c1-3-35(31,32)24(9-10-24)20-15-21(29-12-14-33-16-17(29)2)28-22(27-20)18-5-7-19(8-6-18)26-23(34)25-11-4-13-30/h5-8,15,17,30H,3-4,9-14,16H2,1-2H3,(H2,25,26,34)/t17-/m0/s1. The van der Waals surface area contributed by atoms with Gasteiger partial charge in [-0.15, -0.1) is 0 Å². The Morgan fingerprint density at radius 2 is 2.03 bits per heavy atom. The number of rotatable bonds is 9. The molecule has 1 atom stereocenters. The summed E-state index contributed by atoms with van der Waals surface area (Å²) in [4.78, 5) is 11.8. The molecular formula is C24H33N5O4S2. The van der Waals surface area contributed by atoms with Crippen molar-refractivity contribution in [3.8, 4) is 11.4 Å². The maximum Gasteiger partial charge on any atom is 0.170 e. The van der Waals surface area contributed by atoms with Crippen LogP contribution < -0.4 is 15.5 Å². The van der Waals surface area contributed by atoms with Crippen LogP contribution in [-0.4, -0.2) is 73.3 Å². The number of morpholine rings is 1. The summed E-state index contributed by atoms with van der Waals surface area (Å²) < 4.78 is 30.7. The fourth-order valence-corrected chi connectivity index (χ4v) is 6.21. The Morgan fingerprint density at radius 3 is 2.66 bits per heavy atom. The summed E-state index contributed by atoms with van der Waals surface area (Å²) in [7, 11) is -3.31. The van der Waals surface area contributed by atoms with Gasteiger partial charge in [0.25, 0.3) is 0 Å². The third kappa shape index (κ3) is 5.58. The second-order valence-corrected chi connectivity index (χ2v) is 12.0. The number of ether oxygens (including phenoxy) is 1. The predicted octanol–water partition coefficient (Wildman–Crippen LogP) is 2.46. The number of hydrogen-bond acceptors (Lipinski definition) is 8. The van der Waals surface area contributed by atoms with Gasteiger partial charge in [-0.05, 0) is 62.7 Å². The molecule has 2 aromatic rings. The number of anilines is 2. The van der Waals surface area contributed by atoms with E-state index in [0.717, 1.165) is 17.1 Å². The highest BCUT2D eigenvalue weighted by Gasteiger charge is 2.56. The Hall–Kier alpha value is -2.34. The first kappa shape index (κ1) is 25.7. The van der Waals surface area contributed by atoms with E-state index in [9.17, 15) is 8.42 Å². The number of nitrogens with one attached hydrogen (secondary N) is 2. The zero-order valence-electron chi connectivity index (χ0n) is 20.2. The van der Waals surface area contributed by atoms with Crippen molar-refractivity contribution in [1.29, 1.82) is 0 Å². The molecule has 35 heavy (non-hydrogen) atoms. The predicted molar refractivity (Wildman–Crippen MR) is 141 cm³/mol. The van der Waals surface area contributed by atoms with Gasteiger partial charge in [-0.25, -0.2) is 18.4 Å². The van der Waals surface area contributed by atoms with Gasteiger partial charge in [0.1, 0.15) is 10.6 Å². The largest absolute Gasteiger partial charge is 0.396 e. The molecule has 190 valence electrons. The van der Waals surface area contributed by atoms with E-state index in [1.54, 1.807) is 6.92 Å². The molecule has 2 aliphatic rings. The van der Waals surface area contributed by atoms with Gasteiger partial charge in [-0.1, -0.05) is 6.92 Å². The Balaban J connectivity index is 1.65. The van der Waals surface area contributed by atoms with E-state index < -0.39 is 14.6 Å². The smallest absolute Gasteiger partial charge is 0.170 e. The van der Waals surface area contributed by atoms with E-state index in [1.165, 1.54) is 0 Å². The van der Waals surface area contributed by atoms with E-state index >= 15 is 0 Å². The number of thiocarbonyl (C=S) groups is 1. The molecule has 1 aliphatic heterocycles. The zero-order valence-corrected chi connectivity index (χ0v) is 21.8. The van der Waals surface area contributed by atoms with E-state index in [-0.39, 0.29) is 18.4 Å². The van der Waals surface area contributed by atoms with E-state index in [2.05, 4.69) is 22.5 Å². The highest BCUT2D eigenvalue weighted by molar-refractivity contribution is 7.92. The summed E-state index contributed by atoms with van der Waals surface area (Å²) in [6, 6.07) is 9.56. The molecule has 2 heterocycles. The molecule has 11 heteroatoms. The van der Waals surface area contributed by atoms with E-state index in [1.807, 2.05) is 30.3 Å². The lowest BCUT2D eigenvalue weighted by molar-refractivity contribution is 0.0985. The number of hydrogen-bond donors (Lipinski definition) is 3. The van der Waals surface area contributed by atoms with Crippen LogP contribution in [0.15, 0.2) is 30.3 Å². The monoisotopic (exact) mass is 519 g/mol. The third-order valence-corrected chi connectivity index (χ3v) is 9.36. The first-order chi connectivity index (χ1) is 16.8. The maximum absolute atomic E-state index is 13.0. The Kier molecular flexibility index (Phi) is 7.89. The lowest BCUT2D eigenvalue weighted by Crippen LogP contribution is -2.44. The first-order valence-corrected chi connectivity index (χ1v) is 14.1. The van der Waals surface area contributed by atoms with Crippen molar-refractivity contribution in [2.75, 3.05) is 48.9 Å². The minimum absolute atomic E-state index is 0.0856. The molecule has 1 aromatic heterocycles. The van der Waals surface area contributed by atoms with E-state index in [4.69, 9.17) is 32.0 Å². The molecule has 1 aromatic carbocycles. The van der Waals surface area contributed by atoms with Gasteiger partial charge < -0.3 is 25.4 Å². The number of aliphatic hydroxyl groups is 1. The number of sulfone groups is 1. The fraction of sp³-hybridized carbons (Fsp3) is 0.542. The minimum Gasteiger partial charge on any atom is -0.396 e. The molecule has 1 saturated heterocycles. The van der Waals surface area contributed by atoms with Crippen molar-refractivity contribution in [3.63, 3.8) is 0 Å². The van der Waals surface area contributed by atoms with Gasteiger partial charge in [0, 0.05) is 42.8 Å². The Morgan fingerprint density at radius 1 is 1.29 bits per heavy atom. The van der Waals surface area contributed by atoms with Crippen molar-refractivity contribution < 1.29 is 18.3 Å². The SMILES string of the molecule is CCS(=O)(=O)C1(c2cc(N3CCOC[C@@H]3C)nc(-c3ccc(NC(=S)NCCCO)cc3)n2)CC1. The van der Waals surface area contributed by atoms with Gasteiger partial charge in [-0.2, -0.15) is 0 Å². The highest BCUT2D eigenvalue weighted by Crippen LogP contribution is 2.53. The number of benzene rings is 1. The Bertz CT molecular complexity index is 1150. The van der Waals surface area contributed by atoms with Crippen molar-refractivity contribution in [2.45, 2.75) is 43.9 Å². The van der Waals surface area contributed by atoms with Crippen LogP contribution in [0.2, 0.25) is 0 Å². The molecule has 2 fully saturated rings. The summed E-state index contributed by atoms with van der Waals surface area (Å²) >= 11 is 5.29. The van der Waals surface area contributed by atoms with Crippen LogP contribution in [0.5, 0.6) is 0 Å². The summed E-state index contributed by atoms with van der Waals surface area (Å²) in [5.74, 6) is 1.32. The molecule has 1 saturated carbocycles. The van der Waals surface area contributed by atoms with E-state index in [0.29, 0.717) is 62.2 Å². The lowest BCUT2D eigenvalue weighted by Gasteiger charge is -2.34. The topological polar surface area (TPSA) is 117 Å².